The number of aromatic nitrogens is 2. The van der Waals surface area contributed by atoms with Gasteiger partial charge >= 0.3 is 0 Å². The minimum atomic E-state index is 0.172. The number of carbonyl (C=O) groups is 1. The maximum Gasteiger partial charge on any atom is 0.253 e. The first-order chi connectivity index (χ1) is 13.8. The smallest absolute Gasteiger partial charge is 0.253 e. The summed E-state index contributed by atoms with van der Waals surface area (Å²) in [4.78, 5) is 22.2. The number of likely N-dealkylation sites (tertiary alicyclic amines) is 1. The lowest BCUT2D eigenvalue weighted by molar-refractivity contribution is 0.0782. The molecule has 2 atom stereocenters. The molecule has 0 spiro atoms. The average molecular weight is 372 g/mol. The molecule has 2 saturated heterocycles. The highest BCUT2D eigenvalue weighted by Crippen LogP contribution is 2.38. The molecule has 2 aromatic carbocycles. The summed E-state index contributed by atoms with van der Waals surface area (Å²) >= 11 is 0. The van der Waals surface area contributed by atoms with Gasteiger partial charge in [-0.25, -0.2) is 4.98 Å². The van der Waals surface area contributed by atoms with E-state index in [1.165, 1.54) is 18.5 Å². The van der Waals surface area contributed by atoms with E-state index in [4.69, 9.17) is 0 Å². The van der Waals surface area contributed by atoms with Crippen molar-refractivity contribution in [3.05, 3.63) is 60.4 Å². The van der Waals surface area contributed by atoms with Gasteiger partial charge in [0.15, 0.2) is 0 Å². The van der Waals surface area contributed by atoms with Gasteiger partial charge in [-0.2, -0.15) is 0 Å². The second-order valence-corrected chi connectivity index (χ2v) is 8.56. The summed E-state index contributed by atoms with van der Waals surface area (Å²) in [5.74, 6) is 1.32. The molecule has 0 N–H and O–H groups in total. The van der Waals surface area contributed by atoms with Crippen molar-refractivity contribution in [1.82, 2.24) is 14.5 Å². The van der Waals surface area contributed by atoms with Crippen LogP contribution in [0.5, 0.6) is 0 Å². The van der Waals surface area contributed by atoms with E-state index in [9.17, 15) is 4.79 Å². The number of anilines is 1. The molecule has 3 fully saturated rings. The summed E-state index contributed by atoms with van der Waals surface area (Å²) in [7, 11) is 0. The Kier molecular flexibility index (Phi) is 3.52. The fourth-order valence-corrected chi connectivity index (χ4v) is 4.99. The van der Waals surface area contributed by atoms with Crippen molar-refractivity contribution in [3.8, 4) is 0 Å². The highest BCUT2D eigenvalue weighted by Gasteiger charge is 2.41. The molecule has 0 bridgehead atoms. The average Bonchev–Trinajstić information content (AvgIpc) is 3.18. The number of rotatable bonds is 3. The highest BCUT2D eigenvalue weighted by atomic mass is 16.2. The standard InChI is InChI=1S/C23H24N4O/c28-23(16-6-9-21-22(10-16)27(15-24-21)20-7-8-20)26-13-17-11-25(12-18(17)14-26)19-4-2-1-3-5-19/h1-6,9-10,15,17-18,20H,7-8,11-14H2. The van der Waals surface area contributed by atoms with Gasteiger partial charge in [0.2, 0.25) is 0 Å². The van der Waals surface area contributed by atoms with E-state index in [-0.39, 0.29) is 5.91 Å². The van der Waals surface area contributed by atoms with Gasteiger partial charge in [0.1, 0.15) is 0 Å². The molecule has 2 aliphatic heterocycles. The Hall–Kier alpha value is -2.82. The summed E-state index contributed by atoms with van der Waals surface area (Å²) in [6, 6.07) is 17.2. The van der Waals surface area contributed by atoms with Gasteiger partial charge in [0.25, 0.3) is 5.91 Å². The van der Waals surface area contributed by atoms with Crippen molar-refractivity contribution >= 4 is 22.6 Å². The zero-order valence-electron chi connectivity index (χ0n) is 15.9. The lowest BCUT2D eigenvalue weighted by Crippen LogP contribution is -2.33. The zero-order chi connectivity index (χ0) is 18.7. The van der Waals surface area contributed by atoms with Gasteiger partial charge in [-0.3, -0.25) is 4.79 Å². The summed E-state index contributed by atoms with van der Waals surface area (Å²) in [5, 5.41) is 0. The van der Waals surface area contributed by atoms with E-state index in [2.05, 4.69) is 49.7 Å². The first-order valence-electron chi connectivity index (χ1n) is 10.3. The summed E-state index contributed by atoms with van der Waals surface area (Å²) in [5.41, 5.74) is 4.19. The predicted octanol–water partition coefficient (Wildman–Crippen LogP) is 3.58. The molecule has 2 unspecified atom stereocenters. The molecule has 142 valence electrons. The number of para-hydroxylation sites is 1. The molecule has 5 heteroatoms. The molecule has 28 heavy (non-hydrogen) atoms. The van der Waals surface area contributed by atoms with Gasteiger partial charge in [0.05, 0.1) is 17.4 Å². The van der Waals surface area contributed by atoms with E-state index in [0.717, 1.165) is 42.8 Å². The van der Waals surface area contributed by atoms with Crippen molar-refractivity contribution in [1.29, 1.82) is 0 Å². The van der Waals surface area contributed by atoms with Crippen LogP contribution < -0.4 is 4.90 Å². The number of nitrogens with zero attached hydrogens (tertiary/aromatic N) is 4. The minimum Gasteiger partial charge on any atom is -0.371 e. The van der Waals surface area contributed by atoms with Crippen LogP contribution in [-0.2, 0) is 0 Å². The summed E-state index contributed by atoms with van der Waals surface area (Å²) in [6.45, 7) is 3.83. The van der Waals surface area contributed by atoms with E-state index in [0.29, 0.717) is 17.9 Å². The fourth-order valence-electron chi connectivity index (χ4n) is 4.99. The SMILES string of the molecule is O=C(c1ccc2ncn(C3CC3)c2c1)N1CC2CN(c3ccccc3)CC2C1. The Morgan fingerprint density at radius 3 is 2.39 bits per heavy atom. The van der Waals surface area contributed by atoms with Crippen LogP contribution in [0.1, 0.15) is 29.2 Å². The van der Waals surface area contributed by atoms with Crippen LogP contribution in [0.25, 0.3) is 11.0 Å². The Balaban J connectivity index is 1.19. The quantitative estimate of drug-likeness (QED) is 0.706. The van der Waals surface area contributed by atoms with Crippen LogP contribution >= 0.6 is 0 Å². The normalized spacial score (nSPS) is 24.1. The molecular formula is C23H24N4O. The van der Waals surface area contributed by atoms with Crippen LogP contribution in [0.3, 0.4) is 0 Å². The first-order valence-corrected chi connectivity index (χ1v) is 10.3. The van der Waals surface area contributed by atoms with Crippen LogP contribution in [0.4, 0.5) is 5.69 Å². The number of carbonyl (C=O) groups excluding carboxylic acids is 1. The second-order valence-electron chi connectivity index (χ2n) is 8.56. The lowest BCUT2D eigenvalue weighted by atomic mass is 10.0. The highest BCUT2D eigenvalue weighted by molar-refractivity contribution is 5.97. The molecule has 1 saturated carbocycles. The van der Waals surface area contributed by atoms with E-state index in [1.807, 2.05) is 24.5 Å². The maximum absolute atomic E-state index is 13.2. The molecule has 5 nitrogen and oxygen atoms in total. The van der Waals surface area contributed by atoms with E-state index in [1.54, 1.807) is 0 Å². The lowest BCUT2D eigenvalue weighted by Gasteiger charge is -2.23. The Morgan fingerprint density at radius 2 is 1.68 bits per heavy atom. The van der Waals surface area contributed by atoms with Gasteiger partial charge in [-0.1, -0.05) is 18.2 Å². The van der Waals surface area contributed by atoms with Crippen LogP contribution in [0.2, 0.25) is 0 Å². The van der Waals surface area contributed by atoms with Gasteiger partial charge in [-0.15, -0.1) is 0 Å². The minimum absolute atomic E-state index is 0.172. The number of hydrogen-bond donors (Lipinski definition) is 0. The first kappa shape index (κ1) is 16.2. The molecule has 3 heterocycles. The third kappa shape index (κ3) is 2.60. The van der Waals surface area contributed by atoms with Gasteiger partial charge in [-0.05, 0) is 43.2 Å². The predicted molar refractivity (Wildman–Crippen MR) is 110 cm³/mol. The number of imidazole rings is 1. The summed E-state index contributed by atoms with van der Waals surface area (Å²) < 4.78 is 2.24. The monoisotopic (exact) mass is 372 g/mol. The topological polar surface area (TPSA) is 41.4 Å². The van der Waals surface area contributed by atoms with Gasteiger partial charge < -0.3 is 14.4 Å². The van der Waals surface area contributed by atoms with Crippen molar-refractivity contribution in [2.75, 3.05) is 31.1 Å². The van der Waals surface area contributed by atoms with Crippen molar-refractivity contribution in [3.63, 3.8) is 0 Å². The Labute approximate surface area is 164 Å². The number of amides is 1. The molecule has 3 aliphatic rings. The molecule has 1 aromatic heterocycles. The van der Waals surface area contributed by atoms with Crippen molar-refractivity contribution in [2.24, 2.45) is 11.8 Å². The van der Waals surface area contributed by atoms with Crippen molar-refractivity contribution in [2.45, 2.75) is 18.9 Å². The molecule has 0 radical (unpaired) electrons. The number of fused-ring (bicyclic) bond motifs is 2. The van der Waals surface area contributed by atoms with Crippen LogP contribution in [0, 0.1) is 11.8 Å². The molecule has 1 amide bonds. The van der Waals surface area contributed by atoms with E-state index < -0.39 is 0 Å². The largest absolute Gasteiger partial charge is 0.371 e. The number of hydrogen-bond acceptors (Lipinski definition) is 3. The molecule has 1 aliphatic carbocycles. The Morgan fingerprint density at radius 1 is 0.929 bits per heavy atom. The zero-order valence-corrected chi connectivity index (χ0v) is 15.9. The molecule has 6 rings (SSSR count). The fraction of sp³-hybridized carbons (Fsp3) is 0.391. The van der Waals surface area contributed by atoms with Gasteiger partial charge in [0, 0.05) is 55.3 Å². The third-order valence-electron chi connectivity index (χ3n) is 6.66. The van der Waals surface area contributed by atoms with E-state index >= 15 is 0 Å². The maximum atomic E-state index is 13.2. The van der Waals surface area contributed by atoms with Crippen molar-refractivity contribution < 1.29 is 4.79 Å². The summed E-state index contributed by atoms with van der Waals surface area (Å²) in [6.07, 6.45) is 4.36. The molecular weight excluding hydrogens is 348 g/mol. The van der Waals surface area contributed by atoms with Crippen LogP contribution in [0.15, 0.2) is 54.9 Å². The Bertz CT molecular complexity index is 1030. The molecule has 3 aromatic rings. The third-order valence-corrected chi connectivity index (χ3v) is 6.66. The van der Waals surface area contributed by atoms with Crippen LogP contribution in [-0.4, -0.2) is 46.5 Å². The second kappa shape index (κ2) is 6.09. The number of benzene rings is 2.